The molecule has 1 aromatic rings. The number of hydrogen-bond acceptors (Lipinski definition) is 2. The van der Waals surface area contributed by atoms with Crippen LogP contribution in [0, 0.1) is 12.7 Å². The van der Waals surface area contributed by atoms with Crippen LogP contribution in [0.3, 0.4) is 0 Å². The number of nitrogens with one attached hydrogen (secondary N) is 1. The molecule has 0 bridgehead atoms. The molecule has 0 saturated heterocycles. The quantitative estimate of drug-likeness (QED) is 0.686. The van der Waals surface area contributed by atoms with E-state index >= 15 is 0 Å². The second kappa shape index (κ2) is 3.75. The van der Waals surface area contributed by atoms with Crippen LogP contribution in [0.2, 0.25) is 0 Å². The van der Waals surface area contributed by atoms with Gasteiger partial charge < -0.3 is 11.1 Å². The van der Waals surface area contributed by atoms with Crippen molar-refractivity contribution in [3.05, 3.63) is 29.1 Å². The summed E-state index contributed by atoms with van der Waals surface area (Å²) in [7, 11) is 1.80. The van der Waals surface area contributed by atoms with Crippen molar-refractivity contribution in [3.8, 4) is 0 Å². The van der Waals surface area contributed by atoms with Crippen LogP contribution in [0.25, 0.3) is 0 Å². The van der Waals surface area contributed by atoms with E-state index in [0.717, 1.165) is 5.56 Å². The fourth-order valence-corrected chi connectivity index (χ4v) is 1.21. The zero-order chi connectivity index (χ0) is 10.0. The molecule has 3 heteroatoms. The van der Waals surface area contributed by atoms with E-state index in [1.807, 2.05) is 13.8 Å². The Bertz CT molecular complexity index is 310. The van der Waals surface area contributed by atoms with Crippen molar-refractivity contribution in [3.63, 3.8) is 0 Å². The average molecular weight is 182 g/mol. The highest BCUT2D eigenvalue weighted by molar-refractivity contribution is 5.48. The minimum atomic E-state index is -0.245. The monoisotopic (exact) mass is 182 g/mol. The summed E-state index contributed by atoms with van der Waals surface area (Å²) >= 11 is 0. The Morgan fingerprint density at radius 3 is 2.62 bits per heavy atom. The molecule has 1 aromatic carbocycles. The molecule has 0 aliphatic heterocycles. The zero-order valence-electron chi connectivity index (χ0n) is 8.19. The van der Waals surface area contributed by atoms with Crippen molar-refractivity contribution in [1.82, 2.24) is 5.32 Å². The van der Waals surface area contributed by atoms with Gasteiger partial charge in [0.2, 0.25) is 0 Å². The summed E-state index contributed by atoms with van der Waals surface area (Å²) in [4.78, 5) is 0. The first-order valence-electron chi connectivity index (χ1n) is 4.29. The molecule has 1 rings (SSSR count). The van der Waals surface area contributed by atoms with Crippen LogP contribution in [0.4, 0.5) is 10.1 Å². The number of rotatable bonds is 2. The summed E-state index contributed by atoms with van der Waals surface area (Å²) in [5.74, 6) is -0.245. The van der Waals surface area contributed by atoms with Gasteiger partial charge in [-0.15, -0.1) is 0 Å². The van der Waals surface area contributed by atoms with Crippen molar-refractivity contribution in [2.45, 2.75) is 19.9 Å². The summed E-state index contributed by atoms with van der Waals surface area (Å²) < 4.78 is 13.3. The van der Waals surface area contributed by atoms with E-state index in [0.29, 0.717) is 11.3 Å². The molecule has 3 N–H and O–H groups in total. The third-order valence-corrected chi connectivity index (χ3v) is 2.28. The van der Waals surface area contributed by atoms with Gasteiger partial charge in [0.05, 0.1) is 0 Å². The Kier molecular flexibility index (Phi) is 2.88. The van der Waals surface area contributed by atoms with Crippen molar-refractivity contribution in [1.29, 1.82) is 0 Å². The lowest BCUT2D eigenvalue weighted by atomic mass is 10.0. The van der Waals surface area contributed by atoms with Gasteiger partial charge in [0.25, 0.3) is 0 Å². The Labute approximate surface area is 77.9 Å². The van der Waals surface area contributed by atoms with E-state index in [-0.39, 0.29) is 11.9 Å². The molecular weight excluding hydrogens is 167 g/mol. The predicted molar refractivity (Wildman–Crippen MR) is 53.0 cm³/mol. The number of nitrogen functional groups attached to an aromatic ring is 1. The first-order chi connectivity index (χ1) is 6.06. The fourth-order valence-electron chi connectivity index (χ4n) is 1.21. The predicted octanol–water partition coefficient (Wildman–Crippen LogP) is 2.00. The second-order valence-corrected chi connectivity index (χ2v) is 3.24. The van der Waals surface area contributed by atoms with Gasteiger partial charge in [-0.25, -0.2) is 4.39 Å². The molecule has 0 fully saturated rings. The molecule has 0 unspecified atom stereocenters. The fraction of sp³-hybridized carbons (Fsp3) is 0.400. The largest absolute Gasteiger partial charge is 0.398 e. The van der Waals surface area contributed by atoms with Gasteiger partial charge in [0.15, 0.2) is 0 Å². The first-order valence-corrected chi connectivity index (χ1v) is 4.29. The summed E-state index contributed by atoms with van der Waals surface area (Å²) in [6.07, 6.45) is 0. The Balaban J connectivity index is 3.15. The molecule has 2 nitrogen and oxygen atoms in total. The van der Waals surface area contributed by atoms with Gasteiger partial charge in [-0.2, -0.15) is 0 Å². The lowest BCUT2D eigenvalue weighted by Crippen LogP contribution is -2.14. The molecule has 0 aromatic heterocycles. The Morgan fingerprint density at radius 1 is 1.46 bits per heavy atom. The number of halogens is 1. The summed E-state index contributed by atoms with van der Waals surface area (Å²) in [6.45, 7) is 3.79. The Morgan fingerprint density at radius 2 is 2.08 bits per heavy atom. The summed E-state index contributed by atoms with van der Waals surface area (Å²) in [5, 5.41) is 2.99. The lowest BCUT2D eigenvalue weighted by molar-refractivity contribution is 0.562. The number of benzene rings is 1. The molecule has 0 aliphatic rings. The van der Waals surface area contributed by atoms with Crippen LogP contribution in [0.1, 0.15) is 24.1 Å². The average Bonchev–Trinajstić information content (AvgIpc) is 2.10. The minimum absolute atomic E-state index is 0.0132. The molecule has 1 atom stereocenters. The van der Waals surface area contributed by atoms with Gasteiger partial charge in [-0.3, -0.25) is 0 Å². The maximum Gasteiger partial charge on any atom is 0.130 e. The van der Waals surface area contributed by atoms with Gasteiger partial charge in [-0.1, -0.05) is 0 Å². The van der Waals surface area contributed by atoms with Crippen LogP contribution in [0.5, 0.6) is 0 Å². The maximum atomic E-state index is 13.3. The van der Waals surface area contributed by atoms with Crippen molar-refractivity contribution >= 4 is 5.69 Å². The van der Waals surface area contributed by atoms with Gasteiger partial charge in [0.1, 0.15) is 5.82 Å². The Hall–Kier alpha value is -1.09. The van der Waals surface area contributed by atoms with E-state index in [2.05, 4.69) is 5.32 Å². The second-order valence-electron chi connectivity index (χ2n) is 3.24. The highest BCUT2D eigenvalue weighted by Crippen LogP contribution is 2.22. The van der Waals surface area contributed by atoms with E-state index in [4.69, 9.17) is 5.73 Å². The van der Waals surface area contributed by atoms with Crippen molar-refractivity contribution in [2.24, 2.45) is 0 Å². The molecule has 0 heterocycles. The number of aryl methyl sites for hydroxylation is 1. The van der Waals surface area contributed by atoms with E-state index in [9.17, 15) is 4.39 Å². The minimum Gasteiger partial charge on any atom is -0.398 e. The number of nitrogens with two attached hydrogens (primary N) is 1. The lowest BCUT2D eigenvalue weighted by Gasteiger charge is -2.13. The number of hydrogen-bond donors (Lipinski definition) is 2. The molecule has 13 heavy (non-hydrogen) atoms. The third kappa shape index (κ3) is 1.98. The van der Waals surface area contributed by atoms with Crippen LogP contribution in [-0.4, -0.2) is 7.05 Å². The van der Waals surface area contributed by atoms with Crippen molar-refractivity contribution in [2.75, 3.05) is 12.8 Å². The molecule has 0 saturated carbocycles. The standard InChI is InChI=1S/C10H15FN2/c1-6-4-8(7(2)13-3)9(11)5-10(6)12/h4-5,7,13H,12H2,1-3H3/t7-/m0/s1. The molecule has 0 radical (unpaired) electrons. The van der Waals surface area contributed by atoms with E-state index in [1.54, 1.807) is 13.1 Å². The highest BCUT2D eigenvalue weighted by atomic mass is 19.1. The molecule has 72 valence electrons. The molecule has 0 spiro atoms. The summed E-state index contributed by atoms with van der Waals surface area (Å²) in [6, 6.07) is 3.17. The molecule has 0 amide bonds. The van der Waals surface area contributed by atoms with Crippen LogP contribution in [-0.2, 0) is 0 Å². The van der Waals surface area contributed by atoms with Gasteiger partial charge in [0, 0.05) is 17.3 Å². The van der Waals surface area contributed by atoms with Crippen LogP contribution in [0.15, 0.2) is 12.1 Å². The first kappa shape index (κ1) is 9.99. The topological polar surface area (TPSA) is 38.0 Å². The van der Waals surface area contributed by atoms with E-state index in [1.165, 1.54) is 6.07 Å². The SMILES string of the molecule is CN[C@@H](C)c1cc(C)c(N)cc1F. The van der Waals surface area contributed by atoms with Crippen molar-refractivity contribution < 1.29 is 4.39 Å². The normalized spacial score (nSPS) is 12.9. The maximum absolute atomic E-state index is 13.3. The summed E-state index contributed by atoms with van der Waals surface area (Å²) in [5.41, 5.74) is 7.65. The zero-order valence-corrected chi connectivity index (χ0v) is 8.19. The van der Waals surface area contributed by atoms with Gasteiger partial charge in [-0.05, 0) is 38.6 Å². The molecular formula is C10H15FN2. The third-order valence-electron chi connectivity index (χ3n) is 2.28. The van der Waals surface area contributed by atoms with Crippen LogP contribution < -0.4 is 11.1 Å². The van der Waals surface area contributed by atoms with Gasteiger partial charge >= 0.3 is 0 Å². The smallest absolute Gasteiger partial charge is 0.130 e. The number of anilines is 1. The van der Waals surface area contributed by atoms with E-state index < -0.39 is 0 Å². The molecule has 0 aliphatic carbocycles. The van der Waals surface area contributed by atoms with Crippen LogP contribution >= 0.6 is 0 Å². The highest BCUT2D eigenvalue weighted by Gasteiger charge is 2.10.